The molecule has 0 heterocycles. The van der Waals surface area contributed by atoms with Gasteiger partial charge in [-0.05, 0) is 69.2 Å². The van der Waals surface area contributed by atoms with Gasteiger partial charge in [0.2, 0.25) is 8.32 Å². The molecule has 5 heteroatoms. The summed E-state index contributed by atoms with van der Waals surface area (Å²) in [6, 6.07) is 60.7. The van der Waals surface area contributed by atoms with Crippen LogP contribution in [0.1, 0.15) is 11.1 Å². The second-order valence-corrected chi connectivity index (χ2v) is 22.8. The maximum atomic E-state index is 8.34. The summed E-state index contributed by atoms with van der Waals surface area (Å²) in [6.45, 7) is 9.07. The molecule has 6 rings (SSSR count). The Kier molecular flexibility index (Phi) is 8.99. The first-order valence-corrected chi connectivity index (χ1v) is 22.2. The smallest absolute Gasteiger partial charge is 0.387 e. The van der Waals surface area contributed by atoms with Gasteiger partial charge in [0, 0.05) is 0 Å². The molecule has 0 aliphatic carbocycles. The van der Waals surface area contributed by atoms with E-state index < -0.39 is 25.2 Å². The quantitative estimate of drug-likeness (QED) is 0.143. The van der Waals surface area contributed by atoms with Gasteiger partial charge in [-0.1, -0.05) is 170 Å². The third-order valence-corrected chi connectivity index (χ3v) is 21.9. The lowest BCUT2D eigenvalue weighted by atomic mass is 10.1. The summed E-state index contributed by atoms with van der Waals surface area (Å²) in [6.07, 6.45) is 0. The molecule has 0 radical (unpaired) electrons. The van der Waals surface area contributed by atoms with Crippen LogP contribution in [0.3, 0.4) is 0 Å². The highest BCUT2D eigenvalue weighted by molar-refractivity contribution is 7.14. The van der Waals surface area contributed by atoms with Gasteiger partial charge in [0.1, 0.15) is 0 Å². The molecule has 2 nitrogen and oxygen atoms in total. The summed E-state index contributed by atoms with van der Waals surface area (Å²) in [4.78, 5) is 0. The highest BCUT2D eigenvalue weighted by atomic mass is 28.5. The lowest BCUT2D eigenvalue weighted by Gasteiger charge is -2.46. The number of rotatable bonds is 10. The Labute approximate surface area is 271 Å². The zero-order valence-corrected chi connectivity index (χ0v) is 29.5. The first-order valence-electron chi connectivity index (χ1n) is 15.6. The van der Waals surface area contributed by atoms with Crippen molar-refractivity contribution in [2.45, 2.75) is 26.9 Å². The molecule has 0 amide bonds. The van der Waals surface area contributed by atoms with E-state index in [0.717, 1.165) is 10.4 Å². The highest BCUT2D eigenvalue weighted by Crippen LogP contribution is 2.24. The molecule has 0 aliphatic heterocycles. The minimum Gasteiger partial charge on any atom is -0.426 e. The standard InChI is InChI=1S/C40H40O2Si3/c1-33-21-20-32-40(34(33)2)44(36-24-12-6-13-25-36,37-26-14-7-15-27-37)42-45(38-28-16-8-17-29-38,39-30-18-9-19-31-39)41-43(3,4)35-22-10-5-11-23-35/h5-32H,1-4H3. The van der Waals surface area contributed by atoms with E-state index in [9.17, 15) is 0 Å². The predicted molar refractivity (Wildman–Crippen MR) is 197 cm³/mol. The normalized spacial score (nSPS) is 12.2. The molecule has 0 saturated heterocycles. The maximum Gasteiger partial charge on any atom is 0.387 e. The van der Waals surface area contributed by atoms with Gasteiger partial charge in [-0.3, -0.25) is 0 Å². The SMILES string of the molecule is Cc1cccc([Si](O[Si](O[Si](C)(C)c2ccccc2)(c2ccccc2)c2ccccc2)(c2ccccc2)c2ccccc2)c1C. The number of aryl methyl sites for hydroxylation is 1. The van der Waals surface area contributed by atoms with E-state index in [1.54, 1.807) is 0 Å². The van der Waals surface area contributed by atoms with Crippen LogP contribution in [0.5, 0.6) is 0 Å². The van der Waals surface area contributed by atoms with Crippen LogP contribution < -0.4 is 31.1 Å². The molecule has 6 aromatic rings. The summed E-state index contributed by atoms with van der Waals surface area (Å²) >= 11 is 0. The van der Waals surface area contributed by atoms with Crippen LogP contribution >= 0.6 is 0 Å². The van der Waals surface area contributed by atoms with E-state index in [0.29, 0.717) is 0 Å². The van der Waals surface area contributed by atoms with Crippen molar-refractivity contribution in [3.05, 3.63) is 181 Å². The van der Waals surface area contributed by atoms with Gasteiger partial charge in [-0.15, -0.1) is 0 Å². The summed E-state index contributed by atoms with van der Waals surface area (Å²) in [7, 11) is -9.26. The molecule has 224 valence electrons. The summed E-state index contributed by atoms with van der Waals surface area (Å²) < 4.78 is 16.2. The molecule has 6 aromatic carbocycles. The Morgan fingerprint density at radius 1 is 0.378 bits per heavy atom. The fraction of sp³-hybridized carbons (Fsp3) is 0.100. The lowest BCUT2D eigenvalue weighted by Crippen LogP contribution is -2.80. The number of benzene rings is 6. The van der Waals surface area contributed by atoms with E-state index in [1.807, 2.05) is 0 Å². The van der Waals surface area contributed by atoms with Crippen LogP contribution in [-0.4, -0.2) is 25.2 Å². The Morgan fingerprint density at radius 2 is 0.756 bits per heavy atom. The van der Waals surface area contributed by atoms with Crippen molar-refractivity contribution in [1.29, 1.82) is 0 Å². The van der Waals surface area contributed by atoms with E-state index >= 15 is 0 Å². The van der Waals surface area contributed by atoms with Crippen LogP contribution in [0.4, 0.5) is 0 Å². The molecule has 45 heavy (non-hydrogen) atoms. The van der Waals surface area contributed by atoms with Crippen molar-refractivity contribution < 1.29 is 8.23 Å². The molecular formula is C40H40O2Si3. The monoisotopic (exact) mass is 636 g/mol. The third kappa shape index (κ3) is 5.98. The molecule has 0 N–H and O–H groups in total. The molecule has 0 aliphatic rings. The number of hydrogen-bond acceptors (Lipinski definition) is 2. The van der Waals surface area contributed by atoms with E-state index in [2.05, 4.69) is 197 Å². The average Bonchev–Trinajstić information content (AvgIpc) is 3.10. The fourth-order valence-electron chi connectivity index (χ4n) is 6.34. The van der Waals surface area contributed by atoms with E-state index in [1.165, 1.54) is 31.9 Å². The second-order valence-electron chi connectivity index (χ2n) is 12.1. The topological polar surface area (TPSA) is 18.5 Å². The van der Waals surface area contributed by atoms with Gasteiger partial charge in [0.05, 0.1) is 0 Å². The van der Waals surface area contributed by atoms with Crippen LogP contribution in [0.15, 0.2) is 170 Å². The van der Waals surface area contributed by atoms with Gasteiger partial charge in [-0.2, -0.15) is 0 Å². The van der Waals surface area contributed by atoms with Crippen LogP contribution in [0.2, 0.25) is 13.1 Å². The number of hydrogen-bond donors (Lipinski definition) is 0. The van der Waals surface area contributed by atoms with E-state index in [4.69, 9.17) is 8.23 Å². The van der Waals surface area contributed by atoms with Crippen LogP contribution in [-0.2, 0) is 8.23 Å². The first kappa shape index (κ1) is 30.9. The minimum absolute atomic E-state index is 1.11. The van der Waals surface area contributed by atoms with Crippen molar-refractivity contribution in [2.75, 3.05) is 0 Å². The van der Waals surface area contributed by atoms with Gasteiger partial charge >= 0.3 is 8.56 Å². The molecule has 0 fully saturated rings. The molecule has 0 bridgehead atoms. The van der Waals surface area contributed by atoms with Gasteiger partial charge in [0.15, 0.2) is 0 Å². The summed E-state index contributed by atoms with van der Waals surface area (Å²) in [5.41, 5.74) is 2.52. The first-order chi connectivity index (χ1) is 21.9. The Balaban J connectivity index is 1.74. The predicted octanol–water partition coefficient (Wildman–Crippen LogP) is 5.67. The van der Waals surface area contributed by atoms with Gasteiger partial charge in [-0.25, -0.2) is 0 Å². The third-order valence-electron chi connectivity index (χ3n) is 8.82. The highest BCUT2D eigenvalue weighted by Gasteiger charge is 2.56. The largest absolute Gasteiger partial charge is 0.426 e. The molecule has 0 saturated carbocycles. The van der Waals surface area contributed by atoms with Gasteiger partial charge in [0.25, 0.3) is 8.32 Å². The van der Waals surface area contributed by atoms with Crippen molar-refractivity contribution in [2.24, 2.45) is 0 Å². The van der Waals surface area contributed by atoms with Crippen molar-refractivity contribution in [1.82, 2.24) is 0 Å². The summed E-state index contributed by atoms with van der Waals surface area (Å²) in [5, 5.41) is 7.14. The Morgan fingerprint density at radius 3 is 1.18 bits per heavy atom. The average molecular weight is 637 g/mol. The van der Waals surface area contributed by atoms with E-state index in [-0.39, 0.29) is 0 Å². The lowest BCUT2D eigenvalue weighted by molar-refractivity contribution is 0.424. The zero-order chi connectivity index (χ0) is 31.3. The van der Waals surface area contributed by atoms with Crippen molar-refractivity contribution >= 4 is 56.3 Å². The minimum atomic E-state index is -3.47. The molecule has 0 spiro atoms. The molecule has 0 aromatic heterocycles. The fourth-order valence-corrected chi connectivity index (χ4v) is 21.1. The molecule has 0 atom stereocenters. The maximum absolute atomic E-state index is 8.34. The molecule has 0 unspecified atom stereocenters. The Hall–Kier alpha value is -4.11. The zero-order valence-electron chi connectivity index (χ0n) is 26.5. The van der Waals surface area contributed by atoms with Crippen LogP contribution in [0.25, 0.3) is 0 Å². The van der Waals surface area contributed by atoms with Crippen molar-refractivity contribution in [3.8, 4) is 0 Å². The van der Waals surface area contributed by atoms with Gasteiger partial charge < -0.3 is 8.23 Å². The molecular weight excluding hydrogens is 597 g/mol. The summed E-state index contributed by atoms with van der Waals surface area (Å²) in [5.74, 6) is 0. The second kappa shape index (κ2) is 13.1. The Bertz CT molecular complexity index is 1750. The van der Waals surface area contributed by atoms with Crippen molar-refractivity contribution in [3.63, 3.8) is 0 Å². The van der Waals surface area contributed by atoms with Crippen LogP contribution in [0, 0.1) is 13.8 Å².